The molecule has 0 saturated carbocycles. The summed E-state index contributed by atoms with van der Waals surface area (Å²) in [4.78, 5) is 3.87. The first-order valence-corrected chi connectivity index (χ1v) is 10.2. The molecule has 1 aromatic carbocycles. The molecule has 2 N–H and O–H groups in total. The summed E-state index contributed by atoms with van der Waals surface area (Å²) in [6.45, 7) is 1.17. The van der Waals surface area contributed by atoms with Gasteiger partial charge in [0, 0.05) is 6.20 Å². The predicted molar refractivity (Wildman–Crippen MR) is 96.5 cm³/mol. The molecule has 28 heavy (non-hydrogen) atoms. The normalized spacial score (nSPS) is 17.3. The van der Waals surface area contributed by atoms with Crippen LogP contribution in [0.25, 0.3) is 0 Å². The number of rotatable bonds is 5. The van der Waals surface area contributed by atoms with Gasteiger partial charge in [0.25, 0.3) is 0 Å². The van der Waals surface area contributed by atoms with Crippen molar-refractivity contribution in [1.82, 2.24) is 15.0 Å². The van der Waals surface area contributed by atoms with E-state index < -0.39 is 27.7 Å². The Kier molecular flexibility index (Phi) is 5.85. The molecule has 0 spiro atoms. The number of sulfonamides is 1. The number of benzene rings is 1. The van der Waals surface area contributed by atoms with E-state index in [-0.39, 0.29) is 10.0 Å². The fourth-order valence-corrected chi connectivity index (χ4v) is 4.66. The van der Waals surface area contributed by atoms with Crippen LogP contribution in [-0.4, -0.2) is 32.9 Å². The Labute approximate surface area is 165 Å². The summed E-state index contributed by atoms with van der Waals surface area (Å²) < 4.78 is 69.1. The molecule has 0 atom stereocenters. The quantitative estimate of drug-likeness (QED) is 0.705. The number of alkyl halides is 3. The van der Waals surface area contributed by atoms with Crippen molar-refractivity contribution in [2.24, 2.45) is 0 Å². The van der Waals surface area contributed by atoms with E-state index in [0.717, 1.165) is 24.3 Å². The molecule has 152 valence electrons. The average Bonchev–Trinajstić information content (AvgIpc) is 2.62. The summed E-state index contributed by atoms with van der Waals surface area (Å²) in [6, 6.07) is 7.35. The van der Waals surface area contributed by atoms with Gasteiger partial charge in [-0.15, -0.1) is 13.2 Å². The number of hydrogen-bond acceptors (Lipinski definition) is 5. The molecule has 1 fully saturated rings. The molecule has 0 amide bonds. The van der Waals surface area contributed by atoms with E-state index in [0.29, 0.717) is 31.5 Å². The van der Waals surface area contributed by atoms with Crippen molar-refractivity contribution in [2.45, 2.75) is 29.6 Å². The van der Waals surface area contributed by atoms with Gasteiger partial charge in [0.2, 0.25) is 10.0 Å². The van der Waals surface area contributed by atoms with Gasteiger partial charge in [-0.3, -0.25) is 0 Å². The first-order chi connectivity index (χ1) is 13.1. The highest BCUT2D eigenvalue weighted by molar-refractivity contribution is 7.89. The van der Waals surface area contributed by atoms with Gasteiger partial charge in [0.15, 0.2) is 0 Å². The number of halogens is 4. The monoisotopic (exact) mass is 435 g/mol. The van der Waals surface area contributed by atoms with Crippen LogP contribution in [0, 0.1) is 0 Å². The maximum absolute atomic E-state index is 12.9. The fourth-order valence-electron chi connectivity index (χ4n) is 3.10. The van der Waals surface area contributed by atoms with Gasteiger partial charge in [-0.2, -0.15) is 0 Å². The Morgan fingerprint density at radius 1 is 1.11 bits per heavy atom. The molecule has 1 saturated heterocycles. The lowest BCUT2D eigenvalue weighted by atomic mass is 9.83. The van der Waals surface area contributed by atoms with Gasteiger partial charge >= 0.3 is 6.36 Å². The van der Waals surface area contributed by atoms with Crippen LogP contribution in [0.5, 0.6) is 5.75 Å². The molecule has 2 heterocycles. The Balaban J connectivity index is 1.88. The van der Waals surface area contributed by atoms with Gasteiger partial charge in [-0.1, -0.05) is 17.7 Å². The first-order valence-electron chi connectivity index (χ1n) is 8.32. The molecule has 0 aliphatic carbocycles. The standard InChI is InChI=1S/C17H17ClF3N3O3S/c18-15-6-1-12(11-23-15)16(7-9-22-10-8-16)24-28(25,26)14-4-2-13(3-5-14)27-17(19,20)21/h1-6,11,22,24H,7-10H2. The first kappa shape index (κ1) is 20.8. The van der Waals surface area contributed by atoms with E-state index in [1.54, 1.807) is 12.1 Å². The molecule has 11 heteroatoms. The summed E-state index contributed by atoms with van der Waals surface area (Å²) in [7, 11) is -4.01. The van der Waals surface area contributed by atoms with Crippen LogP contribution in [0.3, 0.4) is 0 Å². The van der Waals surface area contributed by atoms with Gasteiger partial charge in [0.05, 0.1) is 10.4 Å². The highest BCUT2D eigenvalue weighted by atomic mass is 35.5. The van der Waals surface area contributed by atoms with Crippen molar-refractivity contribution in [1.29, 1.82) is 0 Å². The van der Waals surface area contributed by atoms with Crippen molar-refractivity contribution in [3.05, 3.63) is 53.3 Å². The Morgan fingerprint density at radius 2 is 1.75 bits per heavy atom. The molecule has 2 aromatic rings. The Bertz CT molecular complexity index is 913. The van der Waals surface area contributed by atoms with Gasteiger partial charge < -0.3 is 10.1 Å². The number of aromatic nitrogens is 1. The fraction of sp³-hybridized carbons (Fsp3) is 0.353. The maximum Gasteiger partial charge on any atom is 0.573 e. The number of nitrogens with one attached hydrogen (secondary N) is 2. The summed E-state index contributed by atoms with van der Waals surface area (Å²) in [5.41, 5.74) is -0.234. The summed E-state index contributed by atoms with van der Waals surface area (Å²) in [6.07, 6.45) is -2.37. The molecule has 0 unspecified atom stereocenters. The lowest BCUT2D eigenvalue weighted by Gasteiger charge is -2.38. The summed E-state index contributed by atoms with van der Waals surface area (Å²) in [5, 5.41) is 3.46. The number of ether oxygens (including phenoxy) is 1. The van der Waals surface area contributed by atoms with Crippen molar-refractivity contribution in [3.8, 4) is 5.75 Å². The highest BCUT2D eigenvalue weighted by Crippen LogP contribution is 2.33. The minimum absolute atomic E-state index is 0.165. The van der Waals surface area contributed by atoms with E-state index in [9.17, 15) is 21.6 Å². The molecule has 0 radical (unpaired) electrons. The van der Waals surface area contributed by atoms with E-state index in [4.69, 9.17) is 11.6 Å². The summed E-state index contributed by atoms with van der Waals surface area (Å²) >= 11 is 5.83. The second-order valence-electron chi connectivity index (χ2n) is 6.33. The van der Waals surface area contributed by atoms with Gasteiger partial charge in [0.1, 0.15) is 10.9 Å². The third-order valence-corrected chi connectivity index (χ3v) is 6.21. The van der Waals surface area contributed by atoms with Crippen molar-refractivity contribution < 1.29 is 26.3 Å². The zero-order chi connectivity index (χ0) is 20.4. The van der Waals surface area contributed by atoms with E-state index in [1.807, 2.05) is 0 Å². The second kappa shape index (κ2) is 7.86. The molecule has 1 aliphatic heterocycles. The second-order valence-corrected chi connectivity index (χ2v) is 8.40. The number of piperidine rings is 1. The van der Waals surface area contributed by atoms with Crippen molar-refractivity contribution in [2.75, 3.05) is 13.1 Å². The highest BCUT2D eigenvalue weighted by Gasteiger charge is 2.38. The minimum atomic E-state index is -4.85. The molecular weight excluding hydrogens is 419 g/mol. The third kappa shape index (κ3) is 4.93. The zero-order valence-corrected chi connectivity index (χ0v) is 16.0. The number of nitrogens with zero attached hydrogens (tertiary/aromatic N) is 1. The lowest BCUT2D eigenvalue weighted by Crippen LogP contribution is -2.52. The van der Waals surface area contributed by atoms with Crippen LogP contribution < -0.4 is 14.8 Å². The maximum atomic E-state index is 12.9. The summed E-state index contributed by atoms with van der Waals surface area (Å²) in [5.74, 6) is -0.495. The van der Waals surface area contributed by atoms with Crippen LogP contribution in [0.15, 0.2) is 47.5 Å². The van der Waals surface area contributed by atoms with E-state index >= 15 is 0 Å². The molecular formula is C17H17ClF3N3O3S. The topological polar surface area (TPSA) is 80.3 Å². The lowest BCUT2D eigenvalue weighted by molar-refractivity contribution is -0.274. The molecule has 1 aliphatic rings. The van der Waals surface area contributed by atoms with Crippen LogP contribution in [0.2, 0.25) is 5.15 Å². The molecule has 1 aromatic heterocycles. The van der Waals surface area contributed by atoms with Crippen molar-refractivity contribution >= 4 is 21.6 Å². The molecule has 6 nitrogen and oxygen atoms in total. The van der Waals surface area contributed by atoms with Gasteiger partial charge in [-0.05, 0) is 61.8 Å². The van der Waals surface area contributed by atoms with Crippen LogP contribution in [0.4, 0.5) is 13.2 Å². The zero-order valence-electron chi connectivity index (χ0n) is 14.5. The average molecular weight is 436 g/mol. The third-order valence-electron chi connectivity index (χ3n) is 4.43. The van der Waals surface area contributed by atoms with E-state index in [2.05, 4.69) is 19.8 Å². The SMILES string of the molecule is O=S(=O)(NC1(c2ccc(Cl)nc2)CCNCC1)c1ccc(OC(F)(F)F)cc1. The smallest absolute Gasteiger partial charge is 0.406 e. The largest absolute Gasteiger partial charge is 0.573 e. The molecule has 3 rings (SSSR count). The van der Waals surface area contributed by atoms with Gasteiger partial charge in [-0.25, -0.2) is 18.1 Å². The molecule has 0 bridgehead atoms. The Hall–Kier alpha value is -1.88. The van der Waals surface area contributed by atoms with E-state index in [1.165, 1.54) is 6.20 Å². The minimum Gasteiger partial charge on any atom is -0.406 e. The van der Waals surface area contributed by atoms with Crippen molar-refractivity contribution in [3.63, 3.8) is 0 Å². The Morgan fingerprint density at radius 3 is 2.29 bits per heavy atom. The number of pyridine rings is 1. The van der Waals surface area contributed by atoms with Crippen LogP contribution in [0.1, 0.15) is 18.4 Å². The van der Waals surface area contributed by atoms with Crippen LogP contribution in [-0.2, 0) is 15.6 Å². The predicted octanol–water partition coefficient (Wildman–Crippen LogP) is 3.19. The number of hydrogen-bond donors (Lipinski definition) is 2. The van der Waals surface area contributed by atoms with Crippen LogP contribution >= 0.6 is 11.6 Å².